The first kappa shape index (κ1) is 22.5. The summed E-state index contributed by atoms with van der Waals surface area (Å²) in [5.74, 6) is -2.65. The van der Waals surface area contributed by atoms with Crippen LogP contribution >= 0.6 is 11.6 Å². The molecule has 0 aliphatic rings. The summed E-state index contributed by atoms with van der Waals surface area (Å²) in [6, 6.07) is 14.6. The third-order valence-electron chi connectivity index (χ3n) is 4.25. The van der Waals surface area contributed by atoms with Crippen molar-refractivity contribution in [1.82, 2.24) is 0 Å². The molecule has 0 radical (unpaired) electrons. The fraction of sp³-hybridized carbons (Fsp3) is 0.0952. The number of sulfonamides is 1. The van der Waals surface area contributed by atoms with Gasteiger partial charge < -0.3 is 10.1 Å². The number of halogens is 3. The first-order chi connectivity index (χ1) is 14.7. The van der Waals surface area contributed by atoms with Crippen LogP contribution < -0.4 is 14.4 Å². The zero-order valence-electron chi connectivity index (χ0n) is 16.2. The Kier molecular flexibility index (Phi) is 6.77. The van der Waals surface area contributed by atoms with E-state index in [2.05, 4.69) is 5.32 Å². The smallest absolute Gasteiger partial charge is 0.264 e. The van der Waals surface area contributed by atoms with E-state index in [-0.39, 0.29) is 21.3 Å². The average molecular weight is 467 g/mol. The number of nitrogens with one attached hydrogen (secondary N) is 1. The standard InChI is InChI=1S/C21H17ClF2N2O4S/c1-30-20-10-8-15(12-17(20)22)26(31(28,29)16-5-3-2-4-6-16)13-21(27)25-14-7-9-18(23)19(24)11-14/h2-12H,13H2,1H3,(H,25,27). The predicted octanol–water partition coefficient (Wildman–Crippen LogP) is 4.46. The summed E-state index contributed by atoms with van der Waals surface area (Å²) in [5.41, 5.74) is 0.101. The van der Waals surface area contributed by atoms with Crippen molar-refractivity contribution in [3.8, 4) is 5.75 Å². The molecule has 0 aliphatic heterocycles. The van der Waals surface area contributed by atoms with E-state index in [0.29, 0.717) is 5.75 Å². The monoisotopic (exact) mass is 466 g/mol. The number of hydrogen-bond donors (Lipinski definition) is 1. The van der Waals surface area contributed by atoms with Gasteiger partial charge in [-0.25, -0.2) is 17.2 Å². The van der Waals surface area contributed by atoms with Gasteiger partial charge in [0, 0.05) is 11.8 Å². The Bertz CT molecular complexity index is 1210. The highest BCUT2D eigenvalue weighted by atomic mass is 35.5. The maximum absolute atomic E-state index is 13.4. The van der Waals surface area contributed by atoms with Gasteiger partial charge in [-0.3, -0.25) is 9.10 Å². The van der Waals surface area contributed by atoms with Gasteiger partial charge in [0.25, 0.3) is 10.0 Å². The van der Waals surface area contributed by atoms with Gasteiger partial charge in [-0.1, -0.05) is 29.8 Å². The van der Waals surface area contributed by atoms with E-state index in [0.717, 1.165) is 22.5 Å². The van der Waals surface area contributed by atoms with Gasteiger partial charge in [0.05, 0.1) is 22.7 Å². The van der Waals surface area contributed by atoms with Gasteiger partial charge in [-0.15, -0.1) is 0 Å². The number of ether oxygens (including phenoxy) is 1. The lowest BCUT2D eigenvalue weighted by molar-refractivity contribution is -0.114. The van der Waals surface area contributed by atoms with Crippen molar-refractivity contribution >= 4 is 38.9 Å². The molecule has 0 aromatic heterocycles. The normalized spacial score (nSPS) is 11.1. The lowest BCUT2D eigenvalue weighted by Crippen LogP contribution is -2.38. The Morgan fingerprint density at radius 1 is 1.03 bits per heavy atom. The number of benzene rings is 3. The van der Waals surface area contributed by atoms with E-state index >= 15 is 0 Å². The minimum atomic E-state index is -4.15. The predicted molar refractivity (Wildman–Crippen MR) is 114 cm³/mol. The van der Waals surface area contributed by atoms with Crippen molar-refractivity contribution in [3.63, 3.8) is 0 Å². The topological polar surface area (TPSA) is 75.7 Å². The molecule has 3 rings (SSSR count). The van der Waals surface area contributed by atoms with E-state index in [1.807, 2.05) is 0 Å². The maximum atomic E-state index is 13.4. The fourth-order valence-electron chi connectivity index (χ4n) is 2.75. The van der Waals surface area contributed by atoms with E-state index in [9.17, 15) is 22.0 Å². The zero-order valence-corrected chi connectivity index (χ0v) is 17.8. The Morgan fingerprint density at radius 2 is 1.74 bits per heavy atom. The number of hydrogen-bond acceptors (Lipinski definition) is 4. The van der Waals surface area contributed by atoms with Gasteiger partial charge in [-0.2, -0.15) is 0 Å². The minimum Gasteiger partial charge on any atom is -0.495 e. The van der Waals surface area contributed by atoms with Crippen molar-refractivity contribution in [1.29, 1.82) is 0 Å². The van der Waals surface area contributed by atoms with Crippen LogP contribution in [0.25, 0.3) is 0 Å². The van der Waals surface area contributed by atoms with Crippen LogP contribution in [0.1, 0.15) is 0 Å². The van der Waals surface area contributed by atoms with Gasteiger partial charge in [0.15, 0.2) is 11.6 Å². The summed E-state index contributed by atoms with van der Waals surface area (Å²) < 4.78 is 59.0. The van der Waals surface area contributed by atoms with Crippen LogP contribution in [0.2, 0.25) is 5.02 Å². The number of anilines is 2. The molecule has 6 nitrogen and oxygen atoms in total. The highest BCUT2D eigenvalue weighted by Gasteiger charge is 2.28. The Balaban J connectivity index is 1.96. The molecule has 3 aromatic rings. The molecule has 0 atom stereocenters. The molecule has 3 aromatic carbocycles. The third kappa shape index (κ3) is 5.12. The second-order valence-electron chi connectivity index (χ2n) is 6.32. The van der Waals surface area contributed by atoms with Crippen molar-refractivity contribution in [2.75, 3.05) is 23.3 Å². The zero-order chi connectivity index (χ0) is 22.6. The van der Waals surface area contributed by atoms with Crippen molar-refractivity contribution < 1.29 is 26.7 Å². The number of amides is 1. The molecule has 0 spiro atoms. The summed E-state index contributed by atoms with van der Waals surface area (Å²) in [4.78, 5) is 12.5. The number of rotatable bonds is 7. The van der Waals surface area contributed by atoms with Crippen molar-refractivity contribution in [2.45, 2.75) is 4.90 Å². The first-order valence-corrected chi connectivity index (χ1v) is 10.7. The summed E-state index contributed by atoms with van der Waals surface area (Å²) >= 11 is 6.14. The van der Waals surface area contributed by atoms with Crippen LogP contribution in [0.3, 0.4) is 0 Å². The van der Waals surface area contributed by atoms with Crippen LogP contribution in [0, 0.1) is 11.6 Å². The largest absolute Gasteiger partial charge is 0.495 e. The molecule has 31 heavy (non-hydrogen) atoms. The SMILES string of the molecule is COc1ccc(N(CC(=O)Nc2ccc(F)c(F)c2)S(=O)(=O)c2ccccc2)cc1Cl. The number of nitrogens with zero attached hydrogens (tertiary/aromatic N) is 1. The summed E-state index contributed by atoms with van der Waals surface area (Å²) in [6.45, 7) is -0.640. The molecule has 0 unspecified atom stereocenters. The van der Waals surface area contributed by atoms with Crippen LogP contribution in [-0.4, -0.2) is 28.0 Å². The van der Waals surface area contributed by atoms with Crippen LogP contribution in [0.15, 0.2) is 71.6 Å². The van der Waals surface area contributed by atoms with Crippen LogP contribution in [0.5, 0.6) is 5.75 Å². The molecule has 10 heteroatoms. The van der Waals surface area contributed by atoms with E-state index in [1.165, 1.54) is 37.4 Å². The second kappa shape index (κ2) is 9.32. The van der Waals surface area contributed by atoms with Crippen molar-refractivity contribution in [3.05, 3.63) is 83.4 Å². The Morgan fingerprint density at radius 3 is 2.35 bits per heavy atom. The molecular formula is C21H17ClF2N2O4S. The average Bonchev–Trinajstić information content (AvgIpc) is 2.75. The van der Waals surface area contributed by atoms with E-state index < -0.39 is 34.1 Å². The lowest BCUT2D eigenvalue weighted by atomic mass is 10.3. The third-order valence-corrected chi connectivity index (χ3v) is 6.33. The first-order valence-electron chi connectivity index (χ1n) is 8.88. The fourth-order valence-corrected chi connectivity index (χ4v) is 4.44. The molecule has 1 N–H and O–H groups in total. The molecule has 0 heterocycles. The summed E-state index contributed by atoms with van der Waals surface area (Å²) in [5, 5.41) is 2.51. The van der Waals surface area contributed by atoms with E-state index in [1.54, 1.807) is 18.2 Å². The number of methoxy groups -OCH3 is 1. The molecule has 0 bridgehead atoms. The maximum Gasteiger partial charge on any atom is 0.264 e. The van der Waals surface area contributed by atoms with Crippen molar-refractivity contribution in [2.24, 2.45) is 0 Å². The highest BCUT2D eigenvalue weighted by molar-refractivity contribution is 7.92. The second-order valence-corrected chi connectivity index (χ2v) is 8.59. The van der Waals surface area contributed by atoms with Gasteiger partial charge >= 0.3 is 0 Å². The molecular weight excluding hydrogens is 450 g/mol. The highest BCUT2D eigenvalue weighted by Crippen LogP contribution is 2.32. The molecule has 0 aliphatic carbocycles. The van der Waals surface area contributed by atoms with Gasteiger partial charge in [-0.05, 0) is 42.5 Å². The Labute approximate surface area is 183 Å². The van der Waals surface area contributed by atoms with Gasteiger partial charge in [0.1, 0.15) is 12.3 Å². The van der Waals surface area contributed by atoms with Crippen LogP contribution in [-0.2, 0) is 14.8 Å². The van der Waals surface area contributed by atoms with Crippen LogP contribution in [0.4, 0.5) is 20.2 Å². The molecule has 0 saturated carbocycles. The van der Waals surface area contributed by atoms with Gasteiger partial charge in [0.2, 0.25) is 5.91 Å². The molecule has 0 fully saturated rings. The summed E-state index contributed by atoms with van der Waals surface area (Å²) in [7, 11) is -2.74. The molecule has 162 valence electrons. The summed E-state index contributed by atoms with van der Waals surface area (Å²) in [6.07, 6.45) is 0. The Hall–Kier alpha value is -3.17. The lowest BCUT2D eigenvalue weighted by Gasteiger charge is -2.24. The number of carbonyl (C=O) groups excluding carboxylic acids is 1. The quantitative estimate of drug-likeness (QED) is 0.557. The molecule has 0 saturated heterocycles. The molecule has 1 amide bonds. The number of carbonyl (C=O) groups is 1. The van der Waals surface area contributed by atoms with E-state index in [4.69, 9.17) is 16.3 Å². The minimum absolute atomic E-state index is 0.0197.